The molecule has 0 N–H and O–H groups in total. The Kier molecular flexibility index (Phi) is 1.93. The summed E-state index contributed by atoms with van der Waals surface area (Å²) in [6.07, 6.45) is 3.42. The molecule has 0 saturated heterocycles. The van der Waals surface area contributed by atoms with Crippen molar-refractivity contribution in [1.29, 1.82) is 0 Å². The van der Waals surface area contributed by atoms with Gasteiger partial charge in [0.05, 0.1) is 17.9 Å². The van der Waals surface area contributed by atoms with Gasteiger partial charge in [-0.05, 0) is 19.1 Å². The number of nitrogens with zero attached hydrogens (tertiary/aromatic N) is 4. The van der Waals surface area contributed by atoms with Gasteiger partial charge in [-0.15, -0.1) is 0 Å². The number of para-hydroxylation sites is 1. The summed E-state index contributed by atoms with van der Waals surface area (Å²) in [5, 5.41) is 7.74. The van der Waals surface area contributed by atoms with Gasteiger partial charge in [0.2, 0.25) is 0 Å². The van der Waals surface area contributed by atoms with Gasteiger partial charge in [0, 0.05) is 5.69 Å². The first-order chi connectivity index (χ1) is 7.86. The summed E-state index contributed by atoms with van der Waals surface area (Å²) in [7, 11) is 0. The fourth-order valence-corrected chi connectivity index (χ4v) is 1.87. The first kappa shape index (κ1) is 9.03. The molecule has 0 unspecified atom stereocenters. The molecule has 0 fully saturated rings. The highest BCUT2D eigenvalue weighted by Crippen LogP contribution is 2.18. The molecular formula is C12H10N4. The summed E-state index contributed by atoms with van der Waals surface area (Å²) in [5.41, 5.74) is 2.95. The van der Waals surface area contributed by atoms with E-state index < -0.39 is 0 Å². The summed E-state index contributed by atoms with van der Waals surface area (Å²) in [5.74, 6) is 0.941. The summed E-state index contributed by atoms with van der Waals surface area (Å²) in [4.78, 5) is 4.45. The van der Waals surface area contributed by atoms with E-state index in [1.54, 1.807) is 12.4 Å². The minimum Gasteiger partial charge on any atom is -0.295 e. The van der Waals surface area contributed by atoms with E-state index in [1.165, 1.54) is 0 Å². The zero-order valence-corrected chi connectivity index (χ0v) is 8.83. The van der Waals surface area contributed by atoms with Gasteiger partial charge < -0.3 is 0 Å². The average Bonchev–Trinajstić information content (AvgIpc) is 2.66. The topological polar surface area (TPSA) is 43.6 Å². The Morgan fingerprint density at radius 1 is 1.00 bits per heavy atom. The van der Waals surface area contributed by atoms with Crippen LogP contribution < -0.4 is 0 Å². The van der Waals surface area contributed by atoms with E-state index in [0.29, 0.717) is 0 Å². The van der Waals surface area contributed by atoms with Crippen LogP contribution in [0, 0.1) is 6.92 Å². The highest BCUT2D eigenvalue weighted by Gasteiger charge is 2.08. The van der Waals surface area contributed by atoms with Gasteiger partial charge in [0.15, 0.2) is 0 Å². The molecule has 0 atom stereocenters. The van der Waals surface area contributed by atoms with Crippen LogP contribution >= 0.6 is 0 Å². The molecule has 0 aliphatic heterocycles. The number of rotatable bonds is 1. The van der Waals surface area contributed by atoms with Gasteiger partial charge in [0.25, 0.3) is 0 Å². The van der Waals surface area contributed by atoms with Crippen molar-refractivity contribution in [3.8, 4) is 5.69 Å². The van der Waals surface area contributed by atoms with Crippen molar-refractivity contribution in [2.45, 2.75) is 6.92 Å². The van der Waals surface area contributed by atoms with Gasteiger partial charge in [-0.2, -0.15) is 10.2 Å². The zero-order chi connectivity index (χ0) is 11.0. The Labute approximate surface area is 92.6 Å². The number of imidazole rings is 1. The van der Waals surface area contributed by atoms with Crippen molar-refractivity contribution in [1.82, 2.24) is 19.7 Å². The third-order valence-electron chi connectivity index (χ3n) is 2.55. The van der Waals surface area contributed by atoms with Crippen LogP contribution in [-0.4, -0.2) is 19.7 Å². The van der Waals surface area contributed by atoms with Crippen LogP contribution in [0.15, 0.2) is 42.7 Å². The highest BCUT2D eigenvalue weighted by molar-refractivity contribution is 5.76. The van der Waals surface area contributed by atoms with Gasteiger partial charge in [-0.25, -0.2) is 4.98 Å². The number of benzene rings is 1. The molecule has 4 heteroatoms. The number of aryl methyl sites for hydroxylation is 1. The first-order valence-electron chi connectivity index (χ1n) is 5.07. The van der Waals surface area contributed by atoms with Crippen LogP contribution in [0.5, 0.6) is 0 Å². The van der Waals surface area contributed by atoms with E-state index in [1.807, 2.05) is 25.1 Å². The van der Waals surface area contributed by atoms with Crippen molar-refractivity contribution in [2.75, 3.05) is 0 Å². The van der Waals surface area contributed by atoms with E-state index in [2.05, 4.69) is 31.9 Å². The number of hydrogen-bond donors (Lipinski definition) is 0. The molecule has 1 aromatic carbocycles. The predicted molar refractivity (Wildman–Crippen MR) is 61.4 cm³/mol. The molecule has 0 saturated carbocycles. The lowest BCUT2D eigenvalue weighted by Crippen LogP contribution is -1.96. The maximum Gasteiger partial charge on any atom is 0.111 e. The minimum absolute atomic E-state index is 0.872. The fraction of sp³-hybridized carbons (Fsp3) is 0.0833. The van der Waals surface area contributed by atoms with E-state index in [-0.39, 0.29) is 0 Å². The Morgan fingerprint density at radius 3 is 2.56 bits per heavy atom. The molecule has 0 bridgehead atoms. The molecular weight excluding hydrogens is 200 g/mol. The lowest BCUT2D eigenvalue weighted by atomic mass is 10.3. The number of aromatic nitrogens is 4. The number of hydrogen-bond acceptors (Lipinski definition) is 3. The zero-order valence-electron chi connectivity index (χ0n) is 8.83. The maximum atomic E-state index is 4.45. The Balaban J connectivity index is 2.35. The second-order valence-electron chi connectivity index (χ2n) is 3.59. The van der Waals surface area contributed by atoms with Gasteiger partial charge in [0.1, 0.15) is 11.3 Å². The Hall–Kier alpha value is -2.23. The lowest BCUT2D eigenvalue weighted by Gasteiger charge is -2.05. The second-order valence-corrected chi connectivity index (χ2v) is 3.59. The van der Waals surface area contributed by atoms with E-state index in [9.17, 15) is 0 Å². The third kappa shape index (κ3) is 1.27. The molecule has 2 heterocycles. The summed E-state index contributed by atoms with van der Waals surface area (Å²) >= 11 is 0. The molecule has 0 radical (unpaired) electrons. The number of fused-ring (bicyclic) bond motifs is 1. The van der Waals surface area contributed by atoms with Crippen molar-refractivity contribution in [2.24, 2.45) is 0 Å². The minimum atomic E-state index is 0.872. The molecule has 16 heavy (non-hydrogen) atoms. The van der Waals surface area contributed by atoms with Crippen LogP contribution in [0.25, 0.3) is 16.7 Å². The standard InChI is InChI=1S/C12H10N4/c1-9-15-11-7-13-14-8-12(11)16(9)10-5-3-2-4-6-10/h2-8H,1H3. The molecule has 4 nitrogen and oxygen atoms in total. The van der Waals surface area contributed by atoms with Crippen molar-refractivity contribution in [3.63, 3.8) is 0 Å². The smallest absolute Gasteiger partial charge is 0.111 e. The molecule has 0 amide bonds. The first-order valence-corrected chi connectivity index (χ1v) is 5.07. The summed E-state index contributed by atoms with van der Waals surface area (Å²) in [6, 6.07) is 10.1. The van der Waals surface area contributed by atoms with Crippen LogP contribution in [0.4, 0.5) is 0 Å². The molecule has 0 aliphatic carbocycles. The highest BCUT2D eigenvalue weighted by atomic mass is 15.1. The van der Waals surface area contributed by atoms with Crippen molar-refractivity contribution >= 4 is 11.0 Å². The fourth-order valence-electron chi connectivity index (χ4n) is 1.87. The summed E-state index contributed by atoms with van der Waals surface area (Å²) in [6.45, 7) is 1.98. The van der Waals surface area contributed by atoms with Crippen LogP contribution in [0.1, 0.15) is 5.82 Å². The quantitative estimate of drug-likeness (QED) is 0.618. The van der Waals surface area contributed by atoms with E-state index in [0.717, 1.165) is 22.5 Å². The van der Waals surface area contributed by atoms with Crippen LogP contribution in [0.2, 0.25) is 0 Å². The molecule has 2 aromatic heterocycles. The van der Waals surface area contributed by atoms with E-state index in [4.69, 9.17) is 0 Å². The normalized spacial score (nSPS) is 10.8. The average molecular weight is 210 g/mol. The van der Waals surface area contributed by atoms with Gasteiger partial charge in [-0.3, -0.25) is 4.57 Å². The Bertz CT molecular complexity index is 628. The molecule has 0 aliphatic rings. The third-order valence-corrected chi connectivity index (χ3v) is 2.55. The monoisotopic (exact) mass is 210 g/mol. The molecule has 3 aromatic rings. The van der Waals surface area contributed by atoms with Gasteiger partial charge >= 0.3 is 0 Å². The SMILES string of the molecule is Cc1nc2cnncc2n1-c1ccccc1. The van der Waals surface area contributed by atoms with E-state index >= 15 is 0 Å². The molecule has 3 rings (SSSR count). The maximum absolute atomic E-state index is 4.45. The predicted octanol–water partition coefficient (Wildman–Crippen LogP) is 2.12. The van der Waals surface area contributed by atoms with Crippen molar-refractivity contribution < 1.29 is 0 Å². The second kappa shape index (κ2) is 3.41. The largest absolute Gasteiger partial charge is 0.295 e. The van der Waals surface area contributed by atoms with Crippen LogP contribution in [0.3, 0.4) is 0 Å². The van der Waals surface area contributed by atoms with Crippen molar-refractivity contribution in [3.05, 3.63) is 48.5 Å². The Morgan fingerprint density at radius 2 is 1.75 bits per heavy atom. The lowest BCUT2D eigenvalue weighted by molar-refractivity contribution is 0.992. The van der Waals surface area contributed by atoms with Crippen LogP contribution in [-0.2, 0) is 0 Å². The molecule has 78 valence electrons. The van der Waals surface area contributed by atoms with Gasteiger partial charge in [-0.1, -0.05) is 18.2 Å². The summed E-state index contributed by atoms with van der Waals surface area (Å²) < 4.78 is 2.07. The molecule has 0 spiro atoms.